The molecule has 0 radical (unpaired) electrons. The number of phenolic OH excluding ortho intramolecular Hbond substituents is 1. The van der Waals surface area contributed by atoms with Gasteiger partial charge in [-0.05, 0) is 43.0 Å². The van der Waals surface area contributed by atoms with Crippen molar-refractivity contribution in [2.45, 2.75) is 46.0 Å². The van der Waals surface area contributed by atoms with Gasteiger partial charge in [-0.3, -0.25) is 0 Å². The van der Waals surface area contributed by atoms with Crippen molar-refractivity contribution in [2.24, 2.45) is 0 Å². The van der Waals surface area contributed by atoms with Crippen LogP contribution in [0, 0.1) is 0 Å². The Labute approximate surface area is 98.8 Å². The van der Waals surface area contributed by atoms with E-state index in [2.05, 4.69) is 19.9 Å². The lowest BCUT2D eigenvalue weighted by molar-refractivity contribution is 0.475. The molecule has 1 rings (SSSR count). The smallest absolute Gasteiger partial charge is 0.115 e. The molecule has 88 valence electrons. The Hall–Kier alpha value is -1.24. The molecular formula is C15H22O. The summed E-state index contributed by atoms with van der Waals surface area (Å²) in [5.74, 6) is 0.333. The molecule has 0 saturated carbocycles. The van der Waals surface area contributed by atoms with Gasteiger partial charge >= 0.3 is 0 Å². The lowest BCUT2D eigenvalue weighted by Crippen LogP contribution is -1.80. The standard InChI is InChI=1S/C15H22O/c1-3-4-5-6-7-8-13(2)14-9-11-15(16)12-10-14/h8-12,16H,3-7H2,1-2H3. The van der Waals surface area contributed by atoms with Crippen LogP contribution < -0.4 is 0 Å². The molecule has 1 nitrogen and oxygen atoms in total. The van der Waals surface area contributed by atoms with Crippen LogP contribution in [0.5, 0.6) is 5.75 Å². The van der Waals surface area contributed by atoms with Crippen molar-refractivity contribution in [3.63, 3.8) is 0 Å². The predicted molar refractivity (Wildman–Crippen MR) is 70.5 cm³/mol. The van der Waals surface area contributed by atoms with Crippen LogP contribution in [0.4, 0.5) is 0 Å². The molecule has 0 aliphatic rings. The molecule has 1 aromatic carbocycles. The maximum atomic E-state index is 9.19. The van der Waals surface area contributed by atoms with Crippen LogP contribution in [0.2, 0.25) is 0 Å². The third-order valence-corrected chi connectivity index (χ3v) is 2.83. The van der Waals surface area contributed by atoms with Crippen molar-refractivity contribution in [3.8, 4) is 5.75 Å². The van der Waals surface area contributed by atoms with Gasteiger partial charge in [-0.15, -0.1) is 0 Å². The summed E-state index contributed by atoms with van der Waals surface area (Å²) in [6, 6.07) is 7.41. The highest BCUT2D eigenvalue weighted by atomic mass is 16.3. The monoisotopic (exact) mass is 218 g/mol. The van der Waals surface area contributed by atoms with Crippen LogP contribution in [0.15, 0.2) is 30.3 Å². The van der Waals surface area contributed by atoms with Crippen molar-refractivity contribution in [2.75, 3.05) is 0 Å². The number of allylic oxidation sites excluding steroid dienone is 2. The second-order valence-electron chi connectivity index (χ2n) is 4.28. The molecule has 0 aromatic heterocycles. The highest BCUT2D eigenvalue weighted by Gasteiger charge is 1.95. The molecule has 1 aromatic rings. The van der Waals surface area contributed by atoms with Crippen LogP contribution in [0.3, 0.4) is 0 Å². The Balaban J connectivity index is 2.41. The van der Waals surface area contributed by atoms with E-state index < -0.39 is 0 Å². The van der Waals surface area contributed by atoms with E-state index in [4.69, 9.17) is 0 Å². The molecule has 0 bridgehead atoms. The van der Waals surface area contributed by atoms with E-state index in [0.717, 1.165) is 6.42 Å². The van der Waals surface area contributed by atoms with Gasteiger partial charge in [-0.1, -0.05) is 44.4 Å². The maximum Gasteiger partial charge on any atom is 0.115 e. The van der Waals surface area contributed by atoms with Gasteiger partial charge < -0.3 is 5.11 Å². The van der Waals surface area contributed by atoms with Gasteiger partial charge in [-0.2, -0.15) is 0 Å². The highest BCUT2D eigenvalue weighted by Crippen LogP contribution is 2.18. The van der Waals surface area contributed by atoms with Gasteiger partial charge in [0.25, 0.3) is 0 Å². The normalized spacial score (nSPS) is 11.8. The molecular weight excluding hydrogens is 196 g/mol. The fourth-order valence-electron chi connectivity index (χ4n) is 1.73. The van der Waals surface area contributed by atoms with E-state index >= 15 is 0 Å². The van der Waals surface area contributed by atoms with E-state index in [9.17, 15) is 5.11 Å². The molecule has 0 heterocycles. The van der Waals surface area contributed by atoms with Gasteiger partial charge in [0.05, 0.1) is 0 Å². The second kappa shape index (κ2) is 7.10. The Morgan fingerprint density at radius 2 is 1.81 bits per heavy atom. The highest BCUT2D eigenvalue weighted by molar-refractivity contribution is 5.63. The van der Waals surface area contributed by atoms with Crippen molar-refractivity contribution < 1.29 is 5.11 Å². The molecule has 0 unspecified atom stereocenters. The zero-order valence-corrected chi connectivity index (χ0v) is 10.4. The van der Waals surface area contributed by atoms with Gasteiger partial charge in [0.2, 0.25) is 0 Å². The Morgan fingerprint density at radius 3 is 2.44 bits per heavy atom. The van der Waals surface area contributed by atoms with Crippen molar-refractivity contribution >= 4 is 5.57 Å². The Morgan fingerprint density at radius 1 is 1.12 bits per heavy atom. The first-order chi connectivity index (χ1) is 7.74. The van der Waals surface area contributed by atoms with Crippen LogP contribution in [0.1, 0.15) is 51.5 Å². The van der Waals surface area contributed by atoms with Crippen LogP contribution >= 0.6 is 0 Å². The molecule has 1 heteroatoms. The maximum absolute atomic E-state index is 9.19. The SMILES string of the molecule is CCCCCCC=C(C)c1ccc(O)cc1. The van der Waals surface area contributed by atoms with Crippen molar-refractivity contribution in [3.05, 3.63) is 35.9 Å². The van der Waals surface area contributed by atoms with E-state index in [-0.39, 0.29) is 0 Å². The van der Waals surface area contributed by atoms with Crippen LogP contribution in [-0.2, 0) is 0 Å². The van der Waals surface area contributed by atoms with E-state index in [1.165, 1.54) is 36.8 Å². The van der Waals surface area contributed by atoms with Gasteiger partial charge in [0.1, 0.15) is 5.75 Å². The molecule has 0 atom stereocenters. The first kappa shape index (κ1) is 12.8. The molecule has 1 N–H and O–H groups in total. The average Bonchev–Trinajstić information content (AvgIpc) is 2.29. The summed E-state index contributed by atoms with van der Waals surface area (Å²) in [5, 5.41) is 9.19. The molecule has 0 aliphatic carbocycles. The van der Waals surface area contributed by atoms with E-state index in [1.54, 1.807) is 12.1 Å². The summed E-state index contributed by atoms with van der Waals surface area (Å²) in [6.45, 7) is 4.36. The predicted octanol–water partition coefficient (Wildman–Crippen LogP) is 4.77. The summed E-state index contributed by atoms with van der Waals surface area (Å²) in [6.07, 6.45) is 8.70. The Kier molecular flexibility index (Phi) is 5.69. The third-order valence-electron chi connectivity index (χ3n) is 2.83. The van der Waals surface area contributed by atoms with Gasteiger partial charge in [0.15, 0.2) is 0 Å². The molecule has 0 spiro atoms. The Bertz CT molecular complexity index is 322. The molecule has 16 heavy (non-hydrogen) atoms. The zero-order valence-electron chi connectivity index (χ0n) is 10.4. The van der Waals surface area contributed by atoms with Crippen molar-refractivity contribution in [1.82, 2.24) is 0 Å². The summed E-state index contributed by atoms with van der Waals surface area (Å²) < 4.78 is 0. The lowest BCUT2D eigenvalue weighted by Gasteiger charge is -2.02. The van der Waals surface area contributed by atoms with Gasteiger partial charge in [0, 0.05) is 0 Å². The minimum Gasteiger partial charge on any atom is -0.508 e. The number of hydrogen-bond donors (Lipinski definition) is 1. The molecule has 0 saturated heterocycles. The van der Waals surface area contributed by atoms with Crippen LogP contribution in [-0.4, -0.2) is 5.11 Å². The lowest BCUT2D eigenvalue weighted by atomic mass is 10.0. The molecule has 0 fully saturated rings. The largest absolute Gasteiger partial charge is 0.508 e. The number of phenols is 1. The number of unbranched alkanes of at least 4 members (excludes halogenated alkanes) is 4. The number of aromatic hydroxyl groups is 1. The summed E-state index contributed by atoms with van der Waals surface area (Å²) in [4.78, 5) is 0. The van der Waals surface area contributed by atoms with Gasteiger partial charge in [-0.25, -0.2) is 0 Å². The van der Waals surface area contributed by atoms with E-state index in [1.807, 2.05) is 12.1 Å². The second-order valence-corrected chi connectivity index (χ2v) is 4.28. The fourth-order valence-corrected chi connectivity index (χ4v) is 1.73. The first-order valence-corrected chi connectivity index (χ1v) is 6.20. The minimum atomic E-state index is 0.333. The number of benzene rings is 1. The average molecular weight is 218 g/mol. The summed E-state index contributed by atoms with van der Waals surface area (Å²) >= 11 is 0. The van der Waals surface area contributed by atoms with Crippen LogP contribution in [0.25, 0.3) is 5.57 Å². The summed E-state index contributed by atoms with van der Waals surface area (Å²) in [7, 11) is 0. The summed E-state index contributed by atoms with van der Waals surface area (Å²) in [5.41, 5.74) is 2.50. The number of rotatable bonds is 6. The molecule has 0 aliphatic heterocycles. The zero-order chi connectivity index (χ0) is 11.8. The minimum absolute atomic E-state index is 0.333. The topological polar surface area (TPSA) is 20.2 Å². The third kappa shape index (κ3) is 4.52. The number of hydrogen-bond acceptors (Lipinski definition) is 1. The quantitative estimate of drug-likeness (QED) is 0.682. The first-order valence-electron chi connectivity index (χ1n) is 6.20. The van der Waals surface area contributed by atoms with Crippen molar-refractivity contribution in [1.29, 1.82) is 0 Å². The fraction of sp³-hybridized carbons (Fsp3) is 0.467. The van der Waals surface area contributed by atoms with E-state index in [0.29, 0.717) is 5.75 Å². The molecule has 0 amide bonds.